The van der Waals surface area contributed by atoms with Crippen LogP contribution in [-0.2, 0) is 11.4 Å². The molecule has 170 valence electrons. The van der Waals surface area contributed by atoms with Gasteiger partial charge in [-0.05, 0) is 59.3 Å². The maximum Gasteiger partial charge on any atom is 0.262 e. The Morgan fingerprint density at radius 1 is 1.09 bits per heavy atom. The Balaban J connectivity index is 1.61. The van der Waals surface area contributed by atoms with Crippen LogP contribution in [0, 0.1) is 0 Å². The normalized spacial score (nSPS) is 11.8. The summed E-state index contributed by atoms with van der Waals surface area (Å²) in [5.74, 6) is -0.334. The Bertz CT molecular complexity index is 1190. The van der Waals surface area contributed by atoms with Gasteiger partial charge in [0.05, 0.1) is 11.8 Å². The second kappa shape index (κ2) is 11.8. The van der Waals surface area contributed by atoms with E-state index in [1.54, 1.807) is 55.5 Å². The lowest BCUT2D eigenvalue weighted by Crippen LogP contribution is -2.43. The van der Waals surface area contributed by atoms with E-state index in [0.29, 0.717) is 31.4 Å². The number of amides is 2. The Kier molecular flexibility index (Phi) is 8.88. The predicted octanol–water partition coefficient (Wildman–Crippen LogP) is 5.60. The molecule has 0 bridgehead atoms. The van der Waals surface area contributed by atoms with Gasteiger partial charge in [0.2, 0.25) is 0 Å². The monoisotopic (exact) mass is 547 g/mol. The molecule has 3 aromatic rings. The lowest BCUT2D eigenvalue weighted by atomic mass is 10.2. The van der Waals surface area contributed by atoms with Crippen molar-refractivity contribution in [3.8, 4) is 5.75 Å². The molecule has 3 rings (SSSR count). The highest BCUT2D eigenvalue weighted by Crippen LogP contribution is 2.24. The molecule has 2 amide bonds. The summed E-state index contributed by atoms with van der Waals surface area (Å²) in [5, 5.41) is 7.71. The molecule has 1 unspecified atom stereocenters. The van der Waals surface area contributed by atoms with Crippen LogP contribution < -0.4 is 15.5 Å². The Hall–Kier alpha value is -2.87. The van der Waals surface area contributed by atoms with E-state index in [0.717, 1.165) is 5.56 Å². The number of rotatable bonds is 8. The topological polar surface area (TPSA) is 79.8 Å². The van der Waals surface area contributed by atoms with Crippen molar-refractivity contribution in [3.05, 3.63) is 97.9 Å². The van der Waals surface area contributed by atoms with E-state index < -0.39 is 11.9 Å². The minimum Gasteiger partial charge on any atom is -0.488 e. The second-order valence-electron chi connectivity index (χ2n) is 6.97. The fraction of sp³-hybridized carbons (Fsp3) is 0.125. The first-order chi connectivity index (χ1) is 15.8. The summed E-state index contributed by atoms with van der Waals surface area (Å²) in [4.78, 5) is 24.7. The van der Waals surface area contributed by atoms with Crippen LogP contribution in [0.4, 0.5) is 0 Å². The van der Waals surface area contributed by atoms with Crippen molar-refractivity contribution in [1.82, 2.24) is 10.7 Å². The summed E-state index contributed by atoms with van der Waals surface area (Å²) in [6, 6.07) is 18.6. The predicted molar refractivity (Wildman–Crippen MR) is 134 cm³/mol. The third kappa shape index (κ3) is 7.05. The van der Waals surface area contributed by atoms with Crippen LogP contribution in [0.3, 0.4) is 0 Å². The summed E-state index contributed by atoms with van der Waals surface area (Å²) in [5.41, 5.74) is 4.25. The van der Waals surface area contributed by atoms with E-state index in [9.17, 15) is 9.59 Å². The first-order valence-electron chi connectivity index (χ1n) is 9.89. The van der Waals surface area contributed by atoms with Gasteiger partial charge in [0.1, 0.15) is 18.4 Å². The smallest absolute Gasteiger partial charge is 0.262 e. The molecule has 3 aromatic carbocycles. The van der Waals surface area contributed by atoms with Crippen LogP contribution in [-0.4, -0.2) is 24.1 Å². The highest BCUT2D eigenvalue weighted by molar-refractivity contribution is 9.10. The number of hydrogen-bond acceptors (Lipinski definition) is 4. The molecule has 0 aliphatic carbocycles. The number of hydrazone groups is 1. The van der Waals surface area contributed by atoms with Gasteiger partial charge in [0.15, 0.2) is 0 Å². The zero-order valence-electron chi connectivity index (χ0n) is 17.5. The summed E-state index contributed by atoms with van der Waals surface area (Å²) in [7, 11) is 0. The number of hydrogen-bond donors (Lipinski definition) is 2. The fourth-order valence-electron chi connectivity index (χ4n) is 2.77. The molecular formula is C24H20BrCl2N3O3. The van der Waals surface area contributed by atoms with Crippen LogP contribution in [0.5, 0.6) is 5.75 Å². The van der Waals surface area contributed by atoms with Gasteiger partial charge in [-0.3, -0.25) is 9.59 Å². The first-order valence-corrected chi connectivity index (χ1v) is 11.4. The molecule has 0 heterocycles. The van der Waals surface area contributed by atoms with Crippen LogP contribution in [0.25, 0.3) is 0 Å². The second-order valence-corrected chi connectivity index (χ2v) is 8.67. The third-order valence-corrected chi connectivity index (χ3v) is 5.85. The maximum absolute atomic E-state index is 12.4. The first kappa shape index (κ1) is 24.8. The van der Waals surface area contributed by atoms with Gasteiger partial charge in [-0.15, -0.1) is 0 Å². The molecule has 0 aliphatic heterocycles. The largest absolute Gasteiger partial charge is 0.488 e. The van der Waals surface area contributed by atoms with E-state index in [1.165, 1.54) is 6.21 Å². The van der Waals surface area contributed by atoms with E-state index in [1.807, 2.05) is 18.2 Å². The van der Waals surface area contributed by atoms with E-state index in [-0.39, 0.29) is 12.5 Å². The Labute approximate surface area is 210 Å². The molecule has 0 saturated carbocycles. The summed E-state index contributed by atoms with van der Waals surface area (Å²) in [6.45, 7) is 1.82. The molecule has 6 nitrogen and oxygen atoms in total. The number of halogens is 3. The number of carbonyl (C=O) groups excluding carboxylic acids is 2. The molecule has 33 heavy (non-hydrogen) atoms. The summed E-state index contributed by atoms with van der Waals surface area (Å²) in [6.07, 6.45) is 1.42. The van der Waals surface area contributed by atoms with E-state index in [4.69, 9.17) is 27.9 Å². The van der Waals surface area contributed by atoms with Gasteiger partial charge in [0.25, 0.3) is 11.8 Å². The number of nitrogens with zero attached hydrogens (tertiary/aromatic N) is 1. The third-order valence-electron chi connectivity index (χ3n) is 4.55. The number of ether oxygens (including phenoxy) is 1. The number of nitrogens with one attached hydrogen (secondary N) is 2. The highest BCUT2D eigenvalue weighted by Gasteiger charge is 2.17. The molecule has 9 heteroatoms. The lowest BCUT2D eigenvalue weighted by molar-refractivity contribution is -0.122. The zero-order valence-corrected chi connectivity index (χ0v) is 20.6. The van der Waals surface area contributed by atoms with Gasteiger partial charge in [-0.1, -0.05) is 53.5 Å². The minimum absolute atomic E-state index is 0.257. The molecular weight excluding hydrogens is 529 g/mol. The Morgan fingerprint density at radius 3 is 2.58 bits per heavy atom. The number of carbonyl (C=O) groups is 2. The van der Waals surface area contributed by atoms with Crippen molar-refractivity contribution in [1.29, 1.82) is 0 Å². The van der Waals surface area contributed by atoms with Crippen molar-refractivity contribution in [2.24, 2.45) is 5.10 Å². The van der Waals surface area contributed by atoms with Crippen LogP contribution >= 0.6 is 39.1 Å². The average molecular weight is 549 g/mol. The Morgan fingerprint density at radius 2 is 1.82 bits per heavy atom. The lowest BCUT2D eigenvalue weighted by Gasteiger charge is -2.13. The van der Waals surface area contributed by atoms with Crippen LogP contribution in [0.1, 0.15) is 28.4 Å². The van der Waals surface area contributed by atoms with E-state index in [2.05, 4.69) is 31.8 Å². The molecule has 0 fully saturated rings. The molecule has 0 radical (unpaired) electrons. The van der Waals surface area contributed by atoms with Crippen molar-refractivity contribution in [3.63, 3.8) is 0 Å². The fourth-order valence-corrected chi connectivity index (χ4v) is 3.61. The molecule has 0 aromatic heterocycles. The summed E-state index contributed by atoms with van der Waals surface area (Å²) < 4.78 is 6.51. The summed E-state index contributed by atoms with van der Waals surface area (Å²) >= 11 is 15.6. The molecule has 2 N–H and O–H groups in total. The minimum atomic E-state index is -0.808. The van der Waals surface area contributed by atoms with Crippen molar-refractivity contribution in [2.45, 2.75) is 19.6 Å². The standard InChI is InChI=1S/C24H20BrCl2N3O3/c1-15(29-24(32)19-7-3-4-8-20(19)25)23(31)30-28-13-17-12-18(26)10-11-22(17)33-14-16-6-2-5-9-21(16)27/h2-13,15H,14H2,1H3,(H,29,32)(H,30,31). The van der Waals surface area contributed by atoms with Crippen molar-refractivity contribution < 1.29 is 14.3 Å². The van der Waals surface area contributed by atoms with Crippen LogP contribution in [0.2, 0.25) is 10.0 Å². The van der Waals surface area contributed by atoms with E-state index >= 15 is 0 Å². The average Bonchev–Trinajstić information content (AvgIpc) is 2.79. The van der Waals surface area contributed by atoms with Crippen molar-refractivity contribution >= 4 is 57.2 Å². The molecule has 1 atom stereocenters. The van der Waals surface area contributed by atoms with Gasteiger partial charge in [-0.2, -0.15) is 5.10 Å². The van der Waals surface area contributed by atoms with Gasteiger partial charge >= 0.3 is 0 Å². The number of benzene rings is 3. The highest BCUT2D eigenvalue weighted by atomic mass is 79.9. The maximum atomic E-state index is 12.4. The molecule has 0 aliphatic rings. The SMILES string of the molecule is CC(NC(=O)c1ccccc1Br)C(=O)NN=Cc1cc(Cl)ccc1OCc1ccccc1Cl. The van der Waals surface area contributed by atoms with Crippen molar-refractivity contribution in [2.75, 3.05) is 0 Å². The van der Waals surface area contributed by atoms with Crippen LogP contribution in [0.15, 0.2) is 76.3 Å². The quantitative estimate of drug-likeness (QED) is 0.284. The van der Waals surface area contributed by atoms with Gasteiger partial charge in [0, 0.05) is 25.6 Å². The van der Waals surface area contributed by atoms with Gasteiger partial charge in [-0.25, -0.2) is 5.43 Å². The molecule has 0 spiro atoms. The zero-order chi connectivity index (χ0) is 23.8. The molecule has 0 saturated heterocycles. The van der Waals surface area contributed by atoms with Gasteiger partial charge < -0.3 is 10.1 Å².